The maximum Gasteiger partial charge on any atom is 0.322 e. The van der Waals surface area contributed by atoms with Gasteiger partial charge in [-0.15, -0.1) is 0 Å². The number of carboxylic acid groups (broad SMARTS) is 2. The zero-order valence-electron chi connectivity index (χ0n) is 16.7. The lowest BCUT2D eigenvalue weighted by molar-refractivity contribution is -0.140. The number of hydrogen-bond acceptors (Lipinski definition) is 7. The van der Waals surface area contributed by atoms with Gasteiger partial charge >= 0.3 is 11.9 Å². The molecule has 12 heteroatoms. The van der Waals surface area contributed by atoms with Crippen molar-refractivity contribution in [3.05, 3.63) is 0 Å². The summed E-state index contributed by atoms with van der Waals surface area (Å²) in [5, 5.41) is 33.9. The number of carbonyl (C=O) groups excluding carboxylic acids is 3. The normalized spacial score (nSPS) is 15.0. The lowest BCUT2D eigenvalue weighted by atomic mass is 10.0. The maximum atomic E-state index is 12.5. The van der Waals surface area contributed by atoms with Crippen molar-refractivity contribution < 1.29 is 39.3 Å². The van der Waals surface area contributed by atoms with Crippen LogP contribution in [0.25, 0.3) is 0 Å². The molecule has 3 amide bonds. The molecule has 0 aromatic rings. The van der Waals surface area contributed by atoms with Crippen LogP contribution in [0, 0.1) is 5.92 Å². The standard InChI is InChI=1S/C17H30N4O8/c1-8(2)6-10(18)15(27)21-14(9(3)22)17(29)20-11(4-5-12(23)24)16(28)19-7-13(25)26/h8-11,14,22H,4-7,18H2,1-3H3,(H,19,28)(H,20,29)(H,21,27)(H,23,24)(H,25,26). The third-order valence-corrected chi connectivity index (χ3v) is 3.82. The van der Waals surface area contributed by atoms with Crippen molar-refractivity contribution in [1.82, 2.24) is 16.0 Å². The second-order valence-electron chi connectivity index (χ2n) is 7.07. The molecule has 0 aliphatic heterocycles. The summed E-state index contributed by atoms with van der Waals surface area (Å²) in [7, 11) is 0. The quantitative estimate of drug-likeness (QED) is 0.172. The first-order chi connectivity index (χ1) is 13.3. The number of nitrogens with two attached hydrogens (primary N) is 1. The molecule has 4 unspecified atom stereocenters. The van der Waals surface area contributed by atoms with Crippen LogP contribution in [0.1, 0.15) is 40.0 Å². The van der Waals surface area contributed by atoms with Crippen molar-refractivity contribution in [3.8, 4) is 0 Å². The summed E-state index contributed by atoms with van der Waals surface area (Å²) in [6.07, 6.45) is -1.79. The van der Waals surface area contributed by atoms with E-state index < -0.39 is 66.9 Å². The maximum absolute atomic E-state index is 12.5. The SMILES string of the molecule is CC(C)CC(N)C(=O)NC(C(=O)NC(CCC(=O)O)C(=O)NCC(=O)O)C(C)O. The highest BCUT2D eigenvalue weighted by Gasteiger charge is 2.31. The molecule has 4 atom stereocenters. The topological polar surface area (TPSA) is 208 Å². The number of rotatable bonds is 13. The van der Waals surface area contributed by atoms with Crippen LogP contribution in [0.4, 0.5) is 0 Å². The van der Waals surface area contributed by atoms with Gasteiger partial charge < -0.3 is 37.0 Å². The highest BCUT2D eigenvalue weighted by molar-refractivity contribution is 5.94. The molecule has 0 heterocycles. The zero-order valence-corrected chi connectivity index (χ0v) is 16.7. The van der Waals surface area contributed by atoms with Crippen LogP contribution in [0.3, 0.4) is 0 Å². The molecule has 0 fully saturated rings. The van der Waals surface area contributed by atoms with Crippen molar-refractivity contribution in [2.24, 2.45) is 11.7 Å². The Morgan fingerprint density at radius 1 is 0.897 bits per heavy atom. The minimum atomic E-state index is -1.44. The van der Waals surface area contributed by atoms with Crippen molar-refractivity contribution in [1.29, 1.82) is 0 Å². The van der Waals surface area contributed by atoms with Gasteiger partial charge in [0, 0.05) is 6.42 Å². The van der Waals surface area contributed by atoms with Gasteiger partial charge in [-0.25, -0.2) is 0 Å². The van der Waals surface area contributed by atoms with E-state index in [1.54, 1.807) is 0 Å². The molecule has 0 aliphatic rings. The van der Waals surface area contributed by atoms with Gasteiger partial charge in [-0.3, -0.25) is 24.0 Å². The molecule has 0 bridgehead atoms. The number of hydrogen-bond donors (Lipinski definition) is 7. The Morgan fingerprint density at radius 2 is 1.48 bits per heavy atom. The average Bonchev–Trinajstić information content (AvgIpc) is 2.59. The second kappa shape index (κ2) is 12.7. The van der Waals surface area contributed by atoms with Crippen molar-refractivity contribution >= 4 is 29.7 Å². The van der Waals surface area contributed by atoms with E-state index in [9.17, 15) is 29.1 Å². The van der Waals surface area contributed by atoms with Crippen LogP contribution >= 0.6 is 0 Å². The molecule has 0 radical (unpaired) electrons. The fourth-order valence-corrected chi connectivity index (χ4v) is 2.36. The molecule has 0 aromatic heterocycles. The number of carboxylic acids is 2. The summed E-state index contributed by atoms with van der Waals surface area (Å²) in [4.78, 5) is 58.1. The van der Waals surface area contributed by atoms with Gasteiger partial charge in [-0.2, -0.15) is 0 Å². The van der Waals surface area contributed by atoms with Crippen LogP contribution in [0.5, 0.6) is 0 Å². The van der Waals surface area contributed by atoms with Gasteiger partial charge in [0.15, 0.2) is 0 Å². The van der Waals surface area contributed by atoms with E-state index in [1.807, 2.05) is 19.2 Å². The smallest absolute Gasteiger partial charge is 0.322 e. The molecule has 8 N–H and O–H groups in total. The molecule has 0 spiro atoms. The van der Waals surface area contributed by atoms with E-state index in [2.05, 4.69) is 10.6 Å². The number of carbonyl (C=O) groups is 5. The largest absolute Gasteiger partial charge is 0.481 e. The number of amides is 3. The number of aliphatic hydroxyl groups excluding tert-OH is 1. The highest BCUT2D eigenvalue weighted by Crippen LogP contribution is 2.05. The fourth-order valence-electron chi connectivity index (χ4n) is 2.36. The Bertz CT molecular complexity index is 608. The van der Waals surface area contributed by atoms with Crippen molar-refractivity contribution in [2.75, 3.05) is 6.54 Å². The minimum absolute atomic E-state index is 0.118. The summed E-state index contributed by atoms with van der Waals surface area (Å²) in [5.41, 5.74) is 5.75. The number of nitrogens with one attached hydrogen (secondary N) is 3. The van der Waals surface area contributed by atoms with E-state index in [1.165, 1.54) is 6.92 Å². The number of aliphatic hydroxyl groups is 1. The van der Waals surface area contributed by atoms with Crippen LogP contribution in [0.15, 0.2) is 0 Å². The predicted octanol–water partition coefficient (Wildman–Crippen LogP) is -2.22. The first kappa shape index (κ1) is 26.3. The molecule has 12 nitrogen and oxygen atoms in total. The Morgan fingerprint density at radius 3 is 1.93 bits per heavy atom. The monoisotopic (exact) mass is 418 g/mol. The van der Waals surface area contributed by atoms with E-state index in [0.717, 1.165) is 0 Å². The van der Waals surface area contributed by atoms with Gasteiger partial charge in [-0.05, 0) is 25.7 Å². The average molecular weight is 418 g/mol. The first-order valence-corrected chi connectivity index (χ1v) is 9.10. The Hall–Kier alpha value is -2.73. The summed E-state index contributed by atoms with van der Waals surface area (Å²) < 4.78 is 0. The van der Waals surface area contributed by atoms with Gasteiger partial charge in [0.1, 0.15) is 18.6 Å². The van der Waals surface area contributed by atoms with Gasteiger partial charge in [-0.1, -0.05) is 13.8 Å². The fraction of sp³-hybridized carbons (Fsp3) is 0.706. The molecular weight excluding hydrogens is 388 g/mol. The van der Waals surface area contributed by atoms with Gasteiger partial charge in [0.2, 0.25) is 17.7 Å². The van der Waals surface area contributed by atoms with Crippen LogP contribution in [-0.2, 0) is 24.0 Å². The summed E-state index contributed by atoms with van der Waals surface area (Å²) >= 11 is 0. The Labute approximate surface area is 168 Å². The Balaban J connectivity index is 5.20. The number of aliphatic carboxylic acids is 2. The predicted molar refractivity (Wildman–Crippen MR) is 100 cm³/mol. The third kappa shape index (κ3) is 11.0. The third-order valence-electron chi connectivity index (χ3n) is 3.82. The van der Waals surface area contributed by atoms with Gasteiger partial charge in [0.25, 0.3) is 0 Å². The van der Waals surface area contributed by atoms with Crippen LogP contribution in [-0.4, -0.2) is 75.8 Å². The lowest BCUT2D eigenvalue weighted by Gasteiger charge is -2.25. The highest BCUT2D eigenvalue weighted by atomic mass is 16.4. The van der Waals surface area contributed by atoms with Gasteiger partial charge in [0.05, 0.1) is 12.1 Å². The molecule has 166 valence electrons. The van der Waals surface area contributed by atoms with E-state index in [-0.39, 0.29) is 12.3 Å². The first-order valence-electron chi connectivity index (χ1n) is 9.10. The van der Waals surface area contributed by atoms with Crippen LogP contribution < -0.4 is 21.7 Å². The van der Waals surface area contributed by atoms with E-state index >= 15 is 0 Å². The summed E-state index contributed by atoms with van der Waals surface area (Å²) in [6.45, 7) is 4.23. The molecule has 0 rings (SSSR count). The molecule has 29 heavy (non-hydrogen) atoms. The molecule has 0 aromatic carbocycles. The molecular formula is C17H30N4O8. The molecule has 0 saturated heterocycles. The van der Waals surface area contributed by atoms with E-state index in [0.29, 0.717) is 6.42 Å². The molecule has 0 aliphatic carbocycles. The summed E-state index contributed by atoms with van der Waals surface area (Å²) in [6, 6.07) is -3.73. The van der Waals surface area contributed by atoms with Crippen molar-refractivity contribution in [2.45, 2.75) is 64.3 Å². The van der Waals surface area contributed by atoms with Crippen molar-refractivity contribution in [3.63, 3.8) is 0 Å². The lowest BCUT2D eigenvalue weighted by Crippen LogP contribution is -2.59. The van der Waals surface area contributed by atoms with Crippen LogP contribution in [0.2, 0.25) is 0 Å². The second-order valence-corrected chi connectivity index (χ2v) is 7.07. The van der Waals surface area contributed by atoms with E-state index in [4.69, 9.17) is 15.9 Å². The summed E-state index contributed by atoms with van der Waals surface area (Å²) in [5.74, 6) is -4.95. The Kier molecular flexibility index (Phi) is 11.5. The molecule has 0 saturated carbocycles. The minimum Gasteiger partial charge on any atom is -0.481 e. The zero-order chi connectivity index (χ0) is 22.7.